The largest absolute Gasteiger partial charge is 0.494 e. The minimum absolute atomic E-state index is 0.753. The first-order valence-corrected chi connectivity index (χ1v) is 6.34. The zero-order chi connectivity index (χ0) is 13.2. The number of aliphatic imine (C=N–C) groups is 1. The van der Waals surface area contributed by atoms with Gasteiger partial charge in [-0.2, -0.15) is 0 Å². The molecule has 0 aliphatic heterocycles. The lowest BCUT2D eigenvalue weighted by Crippen LogP contribution is -2.35. The normalized spacial score (nSPS) is 11.2. The maximum absolute atomic E-state index is 5.65. The quantitative estimate of drug-likeness (QED) is 0.460. The molecule has 0 saturated carbocycles. The van der Waals surface area contributed by atoms with E-state index in [1.54, 1.807) is 7.05 Å². The van der Waals surface area contributed by atoms with Crippen LogP contribution in [-0.4, -0.2) is 33.2 Å². The third kappa shape index (κ3) is 5.57. The number of nitrogens with one attached hydrogen (secondary N) is 2. The second-order valence-electron chi connectivity index (χ2n) is 4.12. The van der Waals surface area contributed by atoms with Gasteiger partial charge in [0.2, 0.25) is 0 Å². The summed E-state index contributed by atoms with van der Waals surface area (Å²) in [7, 11) is 3.62. The molecular formula is C14H23N3O. The van der Waals surface area contributed by atoms with Crippen molar-refractivity contribution in [3.8, 4) is 5.75 Å². The molecule has 1 rings (SSSR count). The Morgan fingerprint density at radius 2 is 1.94 bits per heavy atom. The van der Waals surface area contributed by atoms with Crippen LogP contribution in [0.1, 0.15) is 18.4 Å². The first-order valence-electron chi connectivity index (χ1n) is 6.34. The zero-order valence-corrected chi connectivity index (χ0v) is 11.5. The van der Waals surface area contributed by atoms with Crippen LogP contribution in [0.4, 0.5) is 0 Å². The minimum atomic E-state index is 0.753. The molecule has 0 fully saturated rings. The summed E-state index contributed by atoms with van der Waals surface area (Å²) < 4.78 is 5.65. The van der Waals surface area contributed by atoms with Gasteiger partial charge in [0.05, 0.1) is 6.61 Å². The van der Waals surface area contributed by atoms with E-state index < -0.39 is 0 Å². The lowest BCUT2D eigenvalue weighted by Gasteiger charge is -2.09. The molecule has 0 aliphatic rings. The van der Waals surface area contributed by atoms with Gasteiger partial charge in [0.1, 0.15) is 5.75 Å². The molecule has 0 unspecified atom stereocenters. The van der Waals surface area contributed by atoms with Crippen LogP contribution >= 0.6 is 0 Å². The van der Waals surface area contributed by atoms with Gasteiger partial charge in [0.15, 0.2) is 5.96 Å². The summed E-state index contributed by atoms with van der Waals surface area (Å²) in [6.07, 6.45) is 2.09. The summed E-state index contributed by atoms with van der Waals surface area (Å²) in [5, 5.41) is 6.19. The Bertz CT molecular complexity index is 360. The molecule has 0 bridgehead atoms. The number of ether oxygens (including phenoxy) is 1. The summed E-state index contributed by atoms with van der Waals surface area (Å²) in [4.78, 5) is 4.04. The number of rotatable bonds is 6. The van der Waals surface area contributed by atoms with Crippen LogP contribution in [0.2, 0.25) is 0 Å². The van der Waals surface area contributed by atoms with Crippen molar-refractivity contribution in [2.45, 2.75) is 19.8 Å². The second kappa shape index (κ2) is 8.39. The van der Waals surface area contributed by atoms with Gasteiger partial charge < -0.3 is 15.4 Å². The molecule has 100 valence electrons. The topological polar surface area (TPSA) is 45.7 Å². The van der Waals surface area contributed by atoms with E-state index in [2.05, 4.69) is 34.7 Å². The molecule has 0 radical (unpaired) electrons. The van der Waals surface area contributed by atoms with Crippen LogP contribution in [0.25, 0.3) is 0 Å². The SMILES string of the molecule is CN=C(NC)NCCCCOc1ccc(C)cc1. The number of hydrogen-bond acceptors (Lipinski definition) is 2. The van der Waals surface area contributed by atoms with Crippen LogP contribution in [0.5, 0.6) is 5.75 Å². The zero-order valence-electron chi connectivity index (χ0n) is 11.5. The molecule has 2 N–H and O–H groups in total. The molecule has 0 atom stereocenters. The van der Waals surface area contributed by atoms with Crippen molar-refractivity contribution in [1.82, 2.24) is 10.6 Å². The highest BCUT2D eigenvalue weighted by molar-refractivity contribution is 5.79. The summed E-state index contributed by atoms with van der Waals surface area (Å²) in [5.74, 6) is 1.77. The number of benzene rings is 1. The van der Waals surface area contributed by atoms with Crippen molar-refractivity contribution < 1.29 is 4.74 Å². The minimum Gasteiger partial charge on any atom is -0.494 e. The summed E-state index contributed by atoms with van der Waals surface area (Å²) >= 11 is 0. The Balaban J connectivity index is 2.07. The van der Waals surface area contributed by atoms with Gasteiger partial charge in [-0.25, -0.2) is 0 Å². The highest BCUT2D eigenvalue weighted by Crippen LogP contribution is 2.11. The molecular weight excluding hydrogens is 226 g/mol. The van der Waals surface area contributed by atoms with Gasteiger partial charge in [-0.3, -0.25) is 4.99 Å². The Morgan fingerprint density at radius 1 is 1.22 bits per heavy atom. The fourth-order valence-electron chi connectivity index (χ4n) is 1.54. The molecule has 0 spiro atoms. The van der Waals surface area contributed by atoms with E-state index >= 15 is 0 Å². The molecule has 18 heavy (non-hydrogen) atoms. The first-order chi connectivity index (χ1) is 8.76. The van der Waals surface area contributed by atoms with Gasteiger partial charge in [-0.15, -0.1) is 0 Å². The predicted molar refractivity (Wildman–Crippen MR) is 76.3 cm³/mol. The van der Waals surface area contributed by atoms with E-state index in [1.807, 2.05) is 19.2 Å². The number of unbranched alkanes of at least 4 members (excludes halogenated alkanes) is 1. The van der Waals surface area contributed by atoms with Gasteiger partial charge in [0, 0.05) is 20.6 Å². The average Bonchev–Trinajstić information content (AvgIpc) is 2.40. The molecule has 0 heterocycles. The van der Waals surface area contributed by atoms with E-state index in [1.165, 1.54) is 5.56 Å². The maximum Gasteiger partial charge on any atom is 0.190 e. The second-order valence-corrected chi connectivity index (χ2v) is 4.12. The van der Waals surface area contributed by atoms with E-state index in [0.717, 1.165) is 37.7 Å². The van der Waals surface area contributed by atoms with Crippen LogP contribution in [0.3, 0.4) is 0 Å². The lowest BCUT2D eigenvalue weighted by atomic mass is 10.2. The Morgan fingerprint density at radius 3 is 2.56 bits per heavy atom. The van der Waals surface area contributed by atoms with E-state index in [4.69, 9.17) is 4.74 Å². The third-order valence-electron chi connectivity index (χ3n) is 2.61. The van der Waals surface area contributed by atoms with Crippen LogP contribution in [-0.2, 0) is 0 Å². The van der Waals surface area contributed by atoms with Gasteiger partial charge in [0.25, 0.3) is 0 Å². The van der Waals surface area contributed by atoms with Crippen molar-refractivity contribution >= 4 is 5.96 Å². The summed E-state index contributed by atoms with van der Waals surface area (Å²) in [6.45, 7) is 3.73. The lowest BCUT2D eigenvalue weighted by molar-refractivity contribution is 0.307. The van der Waals surface area contributed by atoms with Gasteiger partial charge in [-0.05, 0) is 31.9 Å². The average molecular weight is 249 g/mol. The smallest absolute Gasteiger partial charge is 0.190 e. The molecule has 4 heteroatoms. The maximum atomic E-state index is 5.65. The number of aryl methyl sites for hydroxylation is 1. The van der Waals surface area contributed by atoms with Crippen molar-refractivity contribution in [2.75, 3.05) is 27.2 Å². The Kier molecular flexibility index (Phi) is 6.69. The third-order valence-corrected chi connectivity index (χ3v) is 2.61. The van der Waals surface area contributed by atoms with Crippen LogP contribution in [0.15, 0.2) is 29.3 Å². The van der Waals surface area contributed by atoms with E-state index in [0.29, 0.717) is 0 Å². The summed E-state index contributed by atoms with van der Waals surface area (Å²) in [6, 6.07) is 8.15. The number of nitrogens with zero attached hydrogens (tertiary/aromatic N) is 1. The van der Waals surface area contributed by atoms with Gasteiger partial charge >= 0.3 is 0 Å². The fraction of sp³-hybridized carbons (Fsp3) is 0.500. The van der Waals surface area contributed by atoms with Crippen LogP contribution in [0, 0.1) is 6.92 Å². The molecule has 1 aromatic rings. The molecule has 0 saturated heterocycles. The Hall–Kier alpha value is -1.71. The van der Waals surface area contributed by atoms with Crippen molar-refractivity contribution in [1.29, 1.82) is 0 Å². The van der Waals surface area contributed by atoms with Crippen molar-refractivity contribution in [2.24, 2.45) is 4.99 Å². The predicted octanol–water partition coefficient (Wildman–Crippen LogP) is 1.95. The number of hydrogen-bond donors (Lipinski definition) is 2. The first kappa shape index (κ1) is 14.4. The van der Waals surface area contributed by atoms with E-state index in [-0.39, 0.29) is 0 Å². The van der Waals surface area contributed by atoms with E-state index in [9.17, 15) is 0 Å². The molecule has 1 aromatic carbocycles. The molecule has 0 aromatic heterocycles. The van der Waals surface area contributed by atoms with Gasteiger partial charge in [-0.1, -0.05) is 17.7 Å². The van der Waals surface area contributed by atoms with Crippen molar-refractivity contribution in [3.05, 3.63) is 29.8 Å². The standard InChI is InChI=1S/C14H23N3O/c1-12-6-8-13(9-7-12)18-11-5-4-10-17-14(15-2)16-3/h6-9H,4-5,10-11H2,1-3H3,(H2,15,16,17). The molecule has 0 aliphatic carbocycles. The molecule has 0 amide bonds. The number of guanidine groups is 1. The fourth-order valence-corrected chi connectivity index (χ4v) is 1.54. The highest BCUT2D eigenvalue weighted by atomic mass is 16.5. The van der Waals surface area contributed by atoms with Crippen LogP contribution < -0.4 is 15.4 Å². The monoisotopic (exact) mass is 249 g/mol. The molecule has 4 nitrogen and oxygen atoms in total. The highest BCUT2D eigenvalue weighted by Gasteiger charge is 1.95. The van der Waals surface area contributed by atoms with Crippen molar-refractivity contribution in [3.63, 3.8) is 0 Å². The summed E-state index contributed by atoms with van der Waals surface area (Å²) in [5.41, 5.74) is 1.25. The Labute approximate surface area is 109 Å².